The average molecular weight is 563 g/mol. The Morgan fingerprint density at radius 3 is 2.50 bits per heavy atom. The smallest absolute Gasteiger partial charge is 0.278 e. The van der Waals surface area contributed by atoms with Crippen LogP contribution in [-0.2, 0) is 14.4 Å². The highest BCUT2D eigenvalue weighted by molar-refractivity contribution is 8.15. The zero-order valence-corrected chi connectivity index (χ0v) is 22.8. The van der Waals surface area contributed by atoms with Gasteiger partial charge in [-0.25, -0.2) is 13.8 Å². The van der Waals surface area contributed by atoms with Crippen molar-refractivity contribution in [3.05, 3.63) is 107 Å². The van der Waals surface area contributed by atoms with Crippen molar-refractivity contribution in [1.82, 2.24) is 15.6 Å². The van der Waals surface area contributed by atoms with Gasteiger partial charge >= 0.3 is 0 Å². The second-order valence-electron chi connectivity index (χ2n) is 8.80. The molecule has 4 rings (SSSR count). The summed E-state index contributed by atoms with van der Waals surface area (Å²) in [4.78, 5) is 17.1. The molecule has 40 heavy (non-hydrogen) atoms. The SMILES string of the molecule is CN=C(NC#N)NCCCC1(c2ccccc2)SC(c2cc(F)ccc2F)=NN1C(=O)[C@@H](OC)c1ccccc1. The summed E-state index contributed by atoms with van der Waals surface area (Å²) in [6.07, 6.45) is 1.72. The van der Waals surface area contributed by atoms with Crippen LogP contribution in [0.1, 0.15) is 35.6 Å². The van der Waals surface area contributed by atoms with E-state index >= 15 is 0 Å². The van der Waals surface area contributed by atoms with E-state index in [-0.39, 0.29) is 10.6 Å². The molecule has 1 heterocycles. The summed E-state index contributed by atoms with van der Waals surface area (Å²) in [5.74, 6) is -1.41. The van der Waals surface area contributed by atoms with E-state index in [1.54, 1.807) is 19.2 Å². The Labute approximate surface area is 235 Å². The van der Waals surface area contributed by atoms with Gasteiger partial charge in [-0.2, -0.15) is 10.4 Å². The number of nitrogens with one attached hydrogen (secondary N) is 2. The van der Waals surface area contributed by atoms with Crippen molar-refractivity contribution in [2.45, 2.75) is 23.8 Å². The average Bonchev–Trinajstić information content (AvgIpc) is 3.38. The lowest BCUT2D eigenvalue weighted by atomic mass is 9.99. The van der Waals surface area contributed by atoms with E-state index < -0.39 is 28.5 Å². The number of hydrogen-bond acceptors (Lipinski definition) is 6. The summed E-state index contributed by atoms with van der Waals surface area (Å²) in [7, 11) is 2.99. The third kappa shape index (κ3) is 6.14. The number of nitriles is 1. The number of rotatable bonds is 9. The lowest BCUT2D eigenvalue weighted by molar-refractivity contribution is -0.146. The van der Waals surface area contributed by atoms with Crippen molar-refractivity contribution in [3.63, 3.8) is 0 Å². The summed E-state index contributed by atoms with van der Waals surface area (Å²) >= 11 is 1.19. The van der Waals surface area contributed by atoms with Crippen LogP contribution in [0, 0.1) is 23.1 Å². The molecule has 3 aromatic carbocycles. The van der Waals surface area contributed by atoms with Crippen LogP contribution in [0.15, 0.2) is 89.0 Å². The topological polar surface area (TPSA) is 102 Å². The molecule has 2 N–H and O–H groups in total. The molecule has 0 aromatic heterocycles. The van der Waals surface area contributed by atoms with Gasteiger partial charge in [-0.05, 0) is 42.2 Å². The van der Waals surface area contributed by atoms with Crippen LogP contribution in [0.5, 0.6) is 0 Å². The molecule has 1 aliphatic heterocycles. The van der Waals surface area contributed by atoms with Gasteiger partial charge in [0, 0.05) is 26.3 Å². The summed E-state index contributed by atoms with van der Waals surface area (Å²) in [6, 6.07) is 21.5. The van der Waals surface area contributed by atoms with Gasteiger partial charge in [-0.15, -0.1) is 0 Å². The number of hydrazone groups is 1. The van der Waals surface area contributed by atoms with E-state index in [4.69, 9.17) is 10.00 Å². The minimum atomic E-state index is -1.11. The molecule has 0 saturated carbocycles. The third-order valence-electron chi connectivity index (χ3n) is 6.34. The molecule has 0 fully saturated rings. The van der Waals surface area contributed by atoms with Gasteiger partial charge in [0.2, 0.25) is 5.96 Å². The summed E-state index contributed by atoms with van der Waals surface area (Å²) in [5.41, 5.74) is 1.35. The molecular formula is C29H28F2N6O2S. The van der Waals surface area contributed by atoms with Gasteiger partial charge in [0.25, 0.3) is 5.91 Å². The number of hydrogen-bond donors (Lipinski definition) is 2. The number of methoxy groups -OCH3 is 1. The fraction of sp³-hybridized carbons (Fsp3) is 0.241. The first-order chi connectivity index (χ1) is 19.4. The van der Waals surface area contributed by atoms with Crippen molar-refractivity contribution in [3.8, 4) is 6.19 Å². The molecule has 8 nitrogen and oxygen atoms in total. The van der Waals surface area contributed by atoms with E-state index in [1.165, 1.54) is 23.9 Å². The highest BCUT2D eigenvalue weighted by Crippen LogP contribution is 2.51. The fourth-order valence-electron chi connectivity index (χ4n) is 4.46. The monoisotopic (exact) mass is 562 g/mol. The molecule has 0 bridgehead atoms. The van der Waals surface area contributed by atoms with Crippen molar-refractivity contribution in [2.75, 3.05) is 20.7 Å². The Kier molecular flexibility index (Phi) is 9.47. The Morgan fingerprint density at radius 2 is 1.85 bits per heavy atom. The molecule has 11 heteroatoms. The number of carbonyl (C=O) groups excluding carboxylic acids is 1. The van der Waals surface area contributed by atoms with Crippen LogP contribution in [0.3, 0.4) is 0 Å². The first-order valence-corrected chi connectivity index (χ1v) is 13.3. The van der Waals surface area contributed by atoms with E-state index in [0.717, 1.165) is 23.8 Å². The lowest BCUT2D eigenvalue weighted by Crippen LogP contribution is -2.44. The fourth-order valence-corrected chi connectivity index (χ4v) is 5.89. The first kappa shape index (κ1) is 28.7. The predicted octanol–water partition coefficient (Wildman–Crippen LogP) is 4.87. The van der Waals surface area contributed by atoms with E-state index in [9.17, 15) is 13.6 Å². The zero-order valence-electron chi connectivity index (χ0n) is 22.0. The lowest BCUT2D eigenvalue weighted by Gasteiger charge is -2.37. The molecule has 2 atom stereocenters. The molecular weight excluding hydrogens is 534 g/mol. The maximum Gasteiger partial charge on any atom is 0.278 e. The largest absolute Gasteiger partial charge is 0.367 e. The number of halogens is 2. The minimum absolute atomic E-state index is 0.0361. The molecule has 0 aliphatic carbocycles. The Balaban J connectivity index is 1.78. The Bertz CT molecular complexity index is 1430. The van der Waals surface area contributed by atoms with Crippen molar-refractivity contribution in [2.24, 2.45) is 10.1 Å². The van der Waals surface area contributed by atoms with Gasteiger partial charge in [-0.1, -0.05) is 72.4 Å². The third-order valence-corrected chi connectivity index (χ3v) is 7.78. The number of nitrogens with zero attached hydrogens (tertiary/aromatic N) is 4. The number of amides is 1. The Hall–Kier alpha value is -4.27. The van der Waals surface area contributed by atoms with E-state index in [1.807, 2.05) is 54.7 Å². The minimum Gasteiger partial charge on any atom is -0.367 e. The maximum atomic E-state index is 15.0. The van der Waals surface area contributed by atoms with Gasteiger partial charge < -0.3 is 10.1 Å². The van der Waals surface area contributed by atoms with Crippen molar-refractivity contribution in [1.29, 1.82) is 5.26 Å². The molecule has 1 unspecified atom stereocenters. The first-order valence-electron chi connectivity index (χ1n) is 12.5. The maximum absolute atomic E-state index is 15.0. The number of carbonyl (C=O) groups is 1. The molecule has 0 spiro atoms. The van der Waals surface area contributed by atoms with Crippen LogP contribution in [0.4, 0.5) is 8.78 Å². The summed E-state index contributed by atoms with van der Waals surface area (Å²) in [5, 5.41) is 20.6. The van der Waals surface area contributed by atoms with Crippen LogP contribution in [0.25, 0.3) is 0 Å². The summed E-state index contributed by atoms with van der Waals surface area (Å²) in [6.45, 7) is 0.411. The summed E-state index contributed by atoms with van der Waals surface area (Å²) < 4.78 is 34.8. The normalized spacial score (nSPS) is 17.6. The van der Waals surface area contributed by atoms with E-state index in [0.29, 0.717) is 30.9 Å². The van der Waals surface area contributed by atoms with Gasteiger partial charge in [0.05, 0.1) is 0 Å². The number of thioether (sulfide) groups is 1. The molecule has 1 aliphatic rings. The van der Waals surface area contributed by atoms with Gasteiger partial charge in [0.15, 0.2) is 12.3 Å². The molecule has 0 radical (unpaired) electrons. The van der Waals surface area contributed by atoms with Crippen LogP contribution in [-0.4, -0.2) is 42.6 Å². The van der Waals surface area contributed by atoms with E-state index in [2.05, 4.69) is 20.7 Å². The quantitative estimate of drug-likeness (QED) is 0.127. The Morgan fingerprint density at radius 1 is 1.15 bits per heavy atom. The molecule has 0 saturated heterocycles. The van der Waals surface area contributed by atoms with Gasteiger partial charge in [0.1, 0.15) is 21.5 Å². The molecule has 206 valence electrons. The highest BCUT2D eigenvalue weighted by atomic mass is 32.2. The number of ether oxygens (including phenoxy) is 1. The number of guanidine groups is 1. The zero-order chi connectivity index (χ0) is 28.5. The predicted molar refractivity (Wildman–Crippen MR) is 151 cm³/mol. The van der Waals surface area contributed by atoms with Crippen LogP contribution >= 0.6 is 11.8 Å². The second kappa shape index (κ2) is 13.2. The molecule has 1 amide bonds. The van der Waals surface area contributed by atoms with Gasteiger partial charge in [-0.3, -0.25) is 15.1 Å². The number of aliphatic imine (C=N–C) groups is 1. The standard InChI is InChI=1S/C29H28F2N6O2S/c1-33-28(35-19-32)34-17-9-16-29(21-12-7-4-8-13-21)37(27(38)25(39-2)20-10-5-3-6-11-20)36-26(40-29)23-18-22(30)14-15-24(23)31/h3-8,10-15,18,25H,9,16-17H2,1-2H3,(H2,33,34,35)/t25-,29?/m0/s1. The van der Waals surface area contributed by atoms with Crippen molar-refractivity contribution >= 4 is 28.7 Å². The highest BCUT2D eigenvalue weighted by Gasteiger charge is 2.50. The second-order valence-corrected chi connectivity index (χ2v) is 10.1. The number of benzene rings is 3. The van der Waals surface area contributed by atoms with Crippen molar-refractivity contribution < 1.29 is 18.3 Å². The van der Waals surface area contributed by atoms with Crippen LogP contribution in [0.2, 0.25) is 0 Å². The van der Waals surface area contributed by atoms with Crippen LogP contribution < -0.4 is 10.6 Å². The molecule has 3 aromatic rings.